The van der Waals surface area contributed by atoms with E-state index in [-0.39, 0.29) is 5.56 Å². The van der Waals surface area contributed by atoms with E-state index in [2.05, 4.69) is 17.2 Å². The lowest BCUT2D eigenvalue weighted by Crippen LogP contribution is -2.32. The van der Waals surface area contributed by atoms with E-state index in [4.69, 9.17) is 11.6 Å². The van der Waals surface area contributed by atoms with Crippen molar-refractivity contribution >= 4 is 17.4 Å². The summed E-state index contributed by atoms with van der Waals surface area (Å²) in [5.74, 6) is 0.476. The molecular formula is C13H20ClN3O. The highest BCUT2D eigenvalue weighted by molar-refractivity contribution is 6.20. The molecule has 4 nitrogen and oxygen atoms in total. The molecule has 0 amide bonds. The maximum Gasteiger partial charge on any atom is 0.293 e. The molecule has 0 spiro atoms. The van der Waals surface area contributed by atoms with Gasteiger partial charge in [-0.3, -0.25) is 4.79 Å². The summed E-state index contributed by atoms with van der Waals surface area (Å²) in [6, 6.07) is 0.331. The van der Waals surface area contributed by atoms with Crippen molar-refractivity contribution in [3.63, 3.8) is 0 Å². The fraction of sp³-hybridized carbons (Fsp3) is 0.692. The molecule has 0 saturated heterocycles. The number of halogens is 1. The molecule has 1 aromatic rings. The molecule has 1 N–H and O–H groups in total. The van der Waals surface area contributed by atoms with Crippen molar-refractivity contribution in [3.05, 3.63) is 22.7 Å². The van der Waals surface area contributed by atoms with E-state index in [1.165, 1.54) is 0 Å². The lowest BCUT2D eigenvalue weighted by atomic mass is 9.95. The van der Waals surface area contributed by atoms with Gasteiger partial charge in [-0.25, -0.2) is 4.98 Å². The fourth-order valence-electron chi connectivity index (χ4n) is 2.35. The standard InChI is InChI=1S/C13H20ClN3O/c1-2-8-17-9-7-15-12(13(17)18)16-11-5-3-10(14)4-6-11/h7,9-11H,2-6,8H2,1H3,(H,15,16). The van der Waals surface area contributed by atoms with Crippen molar-refractivity contribution in [2.75, 3.05) is 5.32 Å². The van der Waals surface area contributed by atoms with Crippen LogP contribution < -0.4 is 10.9 Å². The Labute approximate surface area is 112 Å². The molecule has 1 saturated carbocycles. The van der Waals surface area contributed by atoms with E-state index >= 15 is 0 Å². The number of aromatic nitrogens is 2. The minimum atomic E-state index is -0.0210. The van der Waals surface area contributed by atoms with E-state index < -0.39 is 0 Å². The van der Waals surface area contributed by atoms with Crippen molar-refractivity contribution in [1.29, 1.82) is 0 Å². The van der Waals surface area contributed by atoms with Crippen LogP contribution in [0.3, 0.4) is 0 Å². The molecule has 18 heavy (non-hydrogen) atoms. The Hall–Kier alpha value is -1.03. The Bertz CT molecular complexity index is 438. The van der Waals surface area contributed by atoms with Crippen molar-refractivity contribution < 1.29 is 0 Å². The highest BCUT2D eigenvalue weighted by Crippen LogP contribution is 2.24. The van der Waals surface area contributed by atoms with Gasteiger partial charge in [0, 0.05) is 30.4 Å². The summed E-state index contributed by atoms with van der Waals surface area (Å²) in [7, 11) is 0. The molecular weight excluding hydrogens is 250 g/mol. The van der Waals surface area contributed by atoms with E-state index in [0.29, 0.717) is 17.2 Å². The third-order valence-electron chi connectivity index (χ3n) is 3.38. The average Bonchev–Trinajstić information content (AvgIpc) is 2.37. The number of hydrogen-bond acceptors (Lipinski definition) is 3. The highest BCUT2D eigenvalue weighted by Gasteiger charge is 2.20. The lowest BCUT2D eigenvalue weighted by Gasteiger charge is -2.26. The van der Waals surface area contributed by atoms with Gasteiger partial charge in [0.1, 0.15) is 0 Å². The number of anilines is 1. The molecule has 0 aliphatic heterocycles. The molecule has 0 radical (unpaired) electrons. The molecule has 1 aliphatic rings. The van der Waals surface area contributed by atoms with Gasteiger partial charge in [-0.1, -0.05) is 6.92 Å². The maximum absolute atomic E-state index is 12.1. The smallest absolute Gasteiger partial charge is 0.293 e. The second kappa shape index (κ2) is 6.23. The van der Waals surface area contributed by atoms with Crippen LogP contribution in [0.1, 0.15) is 39.0 Å². The van der Waals surface area contributed by atoms with Crippen LogP contribution in [0.4, 0.5) is 5.82 Å². The Balaban J connectivity index is 2.05. The summed E-state index contributed by atoms with van der Waals surface area (Å²) in [5, 5.41) is 3.56. The minimum absolute atomic E-state index is 0.0210. The van der Waals surface area contributed by atoms with Crippen molar-refractivity contribution in [1.82, 2.24) is 9.55 Å². The number of nitrogens with zero attached hydrogens (tertiary/aromatic N) is 2. The Morgan fingerprint density at radius 1 is 1.44 bits per heavy atom. The Morgan fingerprint density at radius 3 is 2.83 bits per heavy atom. The first-order valence-corrected chi connectivity index (χ1v) is 7.10. The lowest BCUT2D eigenvalue weighted by molar-refractivity contribution is 0.466. The quantitative estimate of drug-likeness (QED) is 0.855. The zero-order chi connectivity index (χ0) is 13.0. The molecule has 2 rings (SSSR count). The first-order valence-electron chi connectivity index (χ1n) is 6.66. The fourth-order valence-corrected chi connectivity index (χ4v) is 2.61. The maximum atomic E-state index is 12.1. The summed E-state index contributed by atoms with van der Waals surface area (Å²) in [4.78, 5) is 16.3. The normalized spacial score (nSPS) is 23.9. The minimum Gasteiger partial charge on any atom is -0.363 e. The number of nitrogens with one attached hydrogen (secondary N) is 1. The van der Waals surface area contributed by atoms with E-state index in [0.717, 1.165) is 38.6 Å². The number of aryl methyl sites for hydroxylation is 1. The summed E-state index contributed by atoms with van der Waals surface area (Å²) in [5.41, 5.74) is -0.0210. The Morgan fingerprint density at radius 2 is 2.17 bits per heavy atom. The summed E-state index contributed by atoms with van der Waals surface area (Å²) in [6.45, 7) is 2.80. The van der Waals surface area contributed by atoms with Crippen LogP contribution in [0.25, 0.3) is 0 Å². The zero-order valence-corrected chi connectivity index (χ0v) is 11.5. The van der Waals surface area contributed by atoms with Gasteiger partial charge in [-0.15, -0.1) is 11.6 Å². The number of alkyl halides is 1. The van der Waals surface area contributed by atoms with Gasteiger partial charge in [0.25, 0.3) is 5.56 Å². The van der Waals surface area contributed by atoms with Crippen LogP contribution in [0.2, 0.25) is 0 Å². The molecule has 100 valence electrons. The Kier molecular flexibility index (Phi) is 4.64. The van der Waals surface area contributed by atoms with Gasteiger partial charge in [0.05, 0.1) is 0 Å². The molecule has 0 atom stereocenters. The van der Waals surface area contributed by atoms with Crippen LogP contribution in [0.15, 0.2) is 17.2 Å². The summed E-state index contributed by atoms with van der Waals surface area (Å²) < 4.78 is 1.71. The first kappa shape index (κ1) is 13.4. The van der Waals surface area contributed by atoms with Gasteiger partial charge in [0.2, 0.25) is 0 Å². The topological polar surface area (TPSA) is 46.9 Å². The largest absolute Gasteiger partial charge is 0.363 e. The van der Waals surface area contributed by atoms with Gasteiger partial charge >= 0.3 is 0 Å². The predicted molar refractivity (Wildman–Crippen MR) is 74.3 cm³/mol. The second-order valence-electron chi connectivity index (χ2n) is 4.87. The molecule has 1 heterocycles. The van der Waals surface area contributed by atoms with Crippen molar-refractivity contribution in [3.8, 4) is 0 Å². The van der Waals surface area contributed by atoms with Crippen LogP contribution in [-0.2, 0) is 6.54 Å². The molecule has 0 unspecified atom stereocenters. The second-order valence-corrected chi connectivity index (χ2v) is 5.48. The van der Waals surface area contributed by atoms with Crippen LogP contribution in [-0.4, -0.2) is 21.0 Å². The molecule has 1 aliphatic carbocycles. The summed E-state index contributed by atoms with van der Waals surface area (Å²) >= 11 is 6.07. The number of rotatable bonds is 4. The van der Waals surface area contributed by atoms with E-state index in [1.807, 2.05) is 0 Å². The van der Waals surface area contributed by atoms with Crippen LogP contribution >= 0.6 is 11.6 Å². The summed E-state index contributed by atoms with van der Waals surface area (Å²) in [6.07, 6.45) is 8.42. The molecule has 1 fully saturated rings. The van der Waals surface area contributed by atoms with Crippen LogP contribution in [0.5, 0.6) is 0 Å². The molecule has 0 aromatic carbocycles. The third kappa shape index (κ3) is 3.25. The SMILES string of the molecule is CCCn1ccnc(NC2CCC(Cl)CC2)c1=O. The van der Waals surface area contributed by atoms with E-state index in [9.17, 15) is 4.79 Å². The molecule has 5 heteroatoms. The molecule has 0 bridgehead atoms. The van der Waals surface area contributed by atoms with E-state index in [1.54, 1.807) is 17.0 Å². The molecule has 1 aromatic heterocycles. The zero-order valence-electron chi connectivity index (χ0n) is 10.7. The average molecular weight is 270 g/mol. The monoisotopic (exact) mass is 269 g/mol. The third-order valence-corrected chi connectivity index (χ3v) is 3.81. The van der Waals surface area contributed by atoms with Gasteiger partial charge in [-0.2, -0.15) is 0 Å². The first-order chi connectivity index (χ1) is 8.70. The van der Waals surface area contributed by atoms with Gasteiger partial charge in [0.15, 0.2) is 5.82 Å². The van der Waals surface area contributed by atoms with Crippen molar-refractivity contribution in [2.45, 2.75) is 57.0 Å². The van der Waals surface area contributed by atoms with Crippen LogP contribution in [0, 0.1) is 0 Å². The van der Waals surface area contributed by atoms with Crippen molar-refractivity contribution in [2.24, 2.45) is 0 Å². The highest BCUT2D eigenvalue weighted by atomic mass is 35.5. The predicted octanol–water partition coefficient (Wildman–Crippen LogP) is 2.62. The van der Waals surface area contributed by atoms with Gasteiger partial charge < -0.3 is 9.88 Å². The number of hydrogen-bond donors (Lipinski definition) is 1. The van der Waals surface area contributed by atoms with Gasteiger partial charge in [-0.05, 0) is 32.1 Å².